The number of carbonyl (C=O) groups excluding carboxylic acids is 2. The Bertz CT molecular complexity index is 1380. The van der Waals surface area contributed by atoms with Crippen molar-refractivity contribution in [1.29, 1.82) is 0 Å². The molecule has 51 heavy (non-hydrogen) atoms. The first kappa shape index (κ1) is 36.6. The SMILES string of the molecule is C[C@@H]1CC(CCNC(=O)OC(C)(C)C)OC2C1C1(C)CCC34CC35CCC(OC3CN(C(=O)CC6CC6)CCO3)C(C)(C)[C@@H]5CCC4[C@]1(C)[C@H]2O. The molecule has 2 saturated heterocycles. The van der Waals surface area contributed by atoms with E-state index in [9.17, 15) is 14.7 Å². The fourth-order valence-electron chi connectivity index (χ4n) is 14.3. The number of morpholine rings is 1. The van der Waals surface area contributed by atoms with Gasteiger partial charge < -0.3 is 34.3 Å². The fourth-order valence-corrected chi connectivity index (χ4v) is 14.3. The standard InChI is InChI=1S/C42H68N2O7/c1-25-21-27(14-18-43-36(47)51-37(2,3)4)49-34-33(25)39(7)16-17-42-24-41(42)15-13-30(38(5,6)28(41)11-12-29(42)40(39,8)35(34)46)50-32-23-44(19-20-48-32)31(45)22-26-9-10-26/h25-30,32-35,46H,9-24H2,1-8H3,(H,43,47)/t25-,27?,28+,29?,30?,32?,33?,34?,35+,39?,40-,41?,42?/m1/s1. The van der Waals surface area contributed by atoms with E-state index in [1.54, 1.807) is 0 Å². The van der Waals surface area contributed by atoms with Crippen LogP contribution in [0, 0.1) is 56.7 Å². The molecule has 288 valence electrons. The van der Waals surface area contributed by atoms with E-state index in [2.05, 4.69) is 39.9 Å². The first-order valence-electron chi connectivity index (χ1n) is 20.8. The second-order valence-corrected chi connectivity index (χ2v) is 20.8. The highest BCUT2D eigenvalue weighted by Crippen LogP contribution is 2.89. The van der Waals surface area contributed by atoms with Crippen molar-refractivity contribution in [3.05, 3.63) is 0 Å². The van der Waals surface area contributed by atoms with Gasteiger partial charge in [-0.3, -0.25) is 4.79 Å². The van der Waals surface area contributed by atoms with E-state index in [4.69, 9.17) is 18.9 Å². The molecular weight excluding hydrogens is 644 g/mol. The molecule has 8 rings (SSSR count). The molecule has 2 heterocycles. The molecule has 9 unspecified atom stereocenters. The molecule has 9 heteroatoms. The highest BCUT2D eigenvalue weighted by Gasteiger charge is 2.84. The Morgan fingerprint density at radius 2 is 1.71 bits per heavy atom. The van der Waals surface area contributed by atoms with Crippen molar-refractivity contribution in [1.82, 2.24) is 10.2 Å². The van der Waals surface area contributed by atoms with Crippen LogP contribution in [0.15, 0.2) is 0 Å². The van der Waals surface area contributed by atoms with Gasteiger partial charge in [0.05, 0.1) is 37.6 Å². The van der Waals surface area contributed by atoms with Crippen LogP contribution >= 0.6 is 0 Å². The third-order valence-electron chi connectivity index (χ3n) is 16.8. The minimum absolute atomic E-state index is 0.0124. The predicted octanol–water partition coefficient (Wildman–Crippen LogP) is 7.08. The topological polar surface area (TPSA) is 107 Å². The maximum Gasteiger partial charge on any atom is 0.407 e. The summed E-state index contributed by atoms with van der Waals surface area (Å²) in [7, 11) is 0. The summed E-state index contributed by atoms with van der Waals surface area (Å²) in [6.07, 6.45) is 11.8. The molecular formula is C42H68N2O7. The zero-order valence-corrected chi connectivity index (χ0v) is 32.9. The molecule has 2 N–H and O–H groups in total. The maximum absolute atomic E-state index is 12.9. The van der Waals surface area contributed by atoms with Gasteiger partial charge in [0, 0.05) is 24.9 Å². The molecule has 13 atom stereocenters. The number of nitrogens with zero attached hydrogens (tertiary/aromatic N) is 1. The number of fused-ring (bicyclic) bond motifs is 4. The summed E-state index contributed by atoms with van der Waals surface area (Å²) in [5.74, 6) is 2.72. The fraction of sp³-hybridized carbons (Fsp3) is 0.952. The molecule has 0 bridgehead atoms. The summed E-state index contributed by atoms with van der Waals surface area (Å²) in [4.78, 5) is 27.2. The Kier molecular flexibility index (Phi) is 8.81. The van der Waals surface area contributed by atoms with Crippen molar-refractivity contribution >= 4 is 12.0 Å². The molecule has 0 aromatic carbocycles. The van der Waals surface area contributed by atoms with Crippen molar-refractivity contribution in [2.45, 2.75) is 169 Å². The average molecular weight is 713 g/mol. The molecule has 9 nitrogen and oxygen atoms in total. The van der Waals surface area contributed by atoms with E-state index >= 15 is 0 Å². The van der Waals surface area contributed by atoms with E-state index in [1.807, 2.05) is 25.7 Å². The third kappa shape index (κ3) is 5.65. The Labute approximate surface area is 307 Å². The zero-order chi connectivity index (χ0) is 36.4. The molecule has 2 aliphatic heterocycles. The van der Waals surface area contributed by atoms with Crippen LogP contribution in [0.4, 0.5) is 4.79 Å². The van der Waals surface area contributed by atoms with Gasteiger partial charge in [-0.05, 0) is 143 Å². The molecule has 0 aromatic heterocycles. The lowest BCUT2D eigenvalue weighted by atomic mass is 9.41. The minimum Gasteiger partial charge on any atom is -0.444 e. The number of hydrogen-bond donors (Lipinski definition) is 2. The van der Waals surface area contributed by atoms with Crippen LogP contribution in [0.5, 0.6) is 0 Å². The van der Waals surface area contributed by atoms with E-state index in [0.29, 0.717) is 67.7 Å². The van der Waals surface area contributed by atoms with Gasteiger partial charge in [-0.2, -0.15) is 0 Å². The number of carbonyl (C=O) groups is 2. The van der Waals surface area contributed by atoms with Gasteiger partial charge in [0.15, 0.2) is 6.29 Å². The van der Waals surface area contributed by atoms with Crippen molar-refractivity contribution in [3.63, 3.8) is 0 Å². The van der Waals surface area contributed by atoms with E-state index in [1.165, 1.54) is 38.5 Å². The maximum atomic E-state index is 12.9. The second-order valence-electron chi connectivity index (χ2n) is 20.8. The molecule has 2 amide bonds. The van der Waals surface area contributed by atoms with Crippen LogP contribution in [0.25, 0.3) is 0 Å². The smallest absolute Gasteiger partial charge is 0.407 e. The molecule has 8 aliphatic rings. The highest BCUT2D eigenvalue weighted by atomic mass is 16.7. The van der Waals surface area contributed by atoms with Crippen LogP contribution < -0.4 is 5.32 Å². The number of aliphatic hydroxyl groups excluding tert-OH is 1. The van der Waals surface area contributed by atoms with E-state index in [0.717, 1.165) is 32.1 Å². The Morgan fingerprint density at radius 1 is 0.980 bits per heavy atom. The summed E-state index contributed by atoms with van der Waals surface area (Å²) in [6.45, 7) is 20.2. The number of ether oxygens (including phenoxy) is 4. The van der Waals surface area contributed by atoms with Crippen molar-refractivity contribution in [2.24, 2.45) is 56.7 Å². The number of alkyl carbamates (subject to hydrolysis) is 1. The lowest BCUT2D eigenvalue weighted by Crippen LogP contribution is -2.60. The molecule has 2 spiro atoms. The molecule has 6 aliphatic carbocycles. The van der Waals surface area contributed by atoms with Crippen molar-refractivity contribution in [3.8, 4) is 0 Å². The van der Waals surface area contributed by atoms with Gasteiger partial charge in [0.2, 0.25) is 5.91 Å². The van der Waals surface area contributed by atoms with Crippen molar-refractivity contribution < 1.29 is 33.6 Å². The Morgan fingerprint density at radius 3 is 2.43 bits per heavy atom. The van der Waals surface area contributed by atoms with Crippen molar-refractivity contribution in [2.75, 3.05) is 26.2 Å². The summed E-state index contributed by atoms with van der Waals surface area (Å²) < 4.78 is 25.4. The largest absolute Gasteiger partial charge is 0.444 e. The number of aliphatic hydroxyl groups is 1. The quantitative estimate of drug-likeness (QED) is 0.291. The minimum atomic E-state index is -0.523. The Hall–Kier alpha value is -1.42. The Balaban J connectivity index is 0.947. The summed E-state index contributed by atoms with van der Waals surface area (Å²) in [5, 5.41) is 15.5. The van der Waals surface area contributed by atoms with Crippen LogP contribution in [-0.4, -0.2) is 84.6 Å². The van der Waals surface area contributed by atoms with Crippen LogP contribution in [0.1, 0.15) is 132 Å². The average Bonchev–Trinajstić information content (AvgIpc) is 3.97. The van der Waals surface area contributed by atoms with E-state index in [-0.39, 0.29) is 58.3 Å². The number of amides is 2. The molecule has 0 radical (unpaired) electrons. The van der Waals surface area contributed by atoms with Gasteiger partial charge in [0.25, 0.3) is 0 Å². The van der Waals surface area contributed by atoms with Gasteiger partial charge in [-0.1, -0.05) is 34.6 Å². The van der Waals surface area contributed by atoms with Crippen LogP contribution in [-0.2, 0) is 23.7 Å². The third-order valence-corrected chi connectivity index (χ3v) is 16.8. The van der Waals surface area contributed by atoms with Crippen LogP contribution in [0.2, 0.25) is 0 Å². The first-order chi connectivity index (χ1) is 23.9. The summed E-state index contributed by atoms with van der Waals surface area (Å²) in [6, 6.07) is 0. The number of hydrogen-bond acceptors (Lipinski definition) is 7. The predicted molar refractivity (Wildman–Crippen MR) is 193 cm³/mol. The summed E-state index contributed by atoms with van der Waals surface area (Å²) in [5.41, 5.74) is -0.0756. The first-order valence-corrected chi connectivity index (χ1v) is 20.8. The number of nitrogens with one attached hydrogen (secondary N) is 1. The molecule has 8 fully saturated rings. The highest BCUT2D eigenvalue weighted by molar-refractivity contribution is 5.76. The second kappa shape index (κ2) is 12.3. The van der Waals surface area contributed by atoms with Gasteiger partial charge >= 0.3 is 6.09 Å². The molecule has 0 aromatic rings. The lowest BCUT2D eigenvalue weighted by molar-refractivity contribution is -0.248. The van der Waals surface area contributed by atoms with Gasteiger partial charge in [-0.25, -0.2) is 4.79 Å². The van der Waals surface area contributed by atoms with Gasteiger partial charge in [-0.15, -0.1) is 0 Å². The van der Waals surface area contributed by atoms with Crippen LogP contribution in [0.3, 0.4) is 0 Å². The monoisotopic (exact) mass is 713 g/mol. The van der Waals surface area contributed by atoms with Gasteiger partial charge in [0.1, 0.15) is 5.60 Å². The molecule has 6 saturated carbocycles. The normalized spacial score (nSPS) is 48.3. The number of rotatable bonds is 7. The summed E-state index contributed by atoms with van der Waals surface area (Å²) >= 11 is 0. The zero-order valence-electron chi connectivity index (χ0n) is 32.9. The lowest BCUT2D eigenvalue weighted by Gasteiger charge is -2.64. The van der Waals surface area contributed by atoms with E-state index < -0.39 is 11.7 Å².